The Kier molecular flexibility index (Phi) is 3.03. The fraction of sp³-hybridized carbons (Fsp3) is 0.333. The molecular weight excluding hydrogens is 224 g/mol. The molecule has 8 nitrogen and oxygen atoms in total. The number of rotatable bonds is 5. The van der Waals surface area contributed by atoms with Crippen LogP contribution in [-0.4, -0.2) is 30.8 Å². The number of imidazole rings is 1. The van der Waals surface area contributed by atoms with E-state index in [-0.39, 0.29) is 5.82 Å². The molecule has 0 atom stereocenters. The highest BCUT2D eigenvalue weighted by atomic mass is 16.6. The molecule has 90 valence electrons. The second kappa shape index (κ2) is 4.64. The number of hydrogen-bond donors (Lipinski definition) is 1. The molecule has 0 radical (unpaired) electrons. The summed E-state index contributed by atoms with van der Waals surface area (Å²) in [5.41, 5.74) is 0. The van der Waals surface area contributed by atoms with Crippen LogP contribution in [0.25, 0.3) is 0 Å². The maximum Gasteiger partial charge on any atom is 0.406 e. The molecule has 0 aliphatic rings. The molecule has 17 heavy (non-hydrogen) atoms. The molecule has 2 aromatic rings. The summed E-state index contributed by atoms with van der Waals surface area (Å²) < 4.78 is 3.33. The van der Waals surface area contributed by atoms with Crippen molar-refractivity contribution in [3.63, 3.8) is 0 Å². The number of aromatic nitrogens is 4. The molecule has 1 N–H and O–H groups in total. The SMILES string of the molecule is Cn1cnc([N+](=O)[O-])c1NCCn1cccn1. The van der Waals surface area contributed by atoms with Gasteiger partial charge < -0.3 is 15.4 Å². The van der Waals surface area contributed by atoms with Crippen LogP contribution in [0.15, 0.2) is 24.8 Å². The number of aryl methyl sites for hydroxylation is 1. The third-order valence-corrected chi connectivity index (χ3v) is 2.28. The summed E-state index contributed by atoms with van der Waals surface area (Å²) in [5.74, 6) is 0.245. The molecular formula is C9H12N6O2. The molecule has 2 rings (SSSR count). The Morgan fingerprint density at radius 1 is 1.59 bits per heavy atom. The van der Waals surface area contributed by atoms with Gasteiger partial charge in [0.1, 0.15) is 0 Å². The van der Waals surface area contributed by atoms with Crippen LogP contribution >= 0.6 is 0 Å². The lowest BCUT2D eigenvalue weighted by molar-refractivity contribution is -0.388. The fourth-order valence-corrected chi connectivity index (χ4v) is 1.48. The summed E-state index contributed by atoms with van der Waals surface area (Å²) in [6, 6.07) is 1.83. The predicted octanol–water partition coefficient (Wildman–Crippen LogP) is 0.637. The minimum Gasteiger partial charge on any atom is -0.362 e. The smallest absolute Gasteiger partial charge is 0.362 e. The van der Waals surface area contributed by atoms with Gasteiger partial charge in [-0.15, -0.1) is 0 Å². The first-order valence-electron chi connectivity index (χ1n) is 5.05. The highest BCUT2D eigenvalue weighted by Gasteiger charge is 2.19. The van der Waals surface area contributed by atoms with E-state index >= 15 is 0 Å². The average molecular weight is 236 g/mol. The molecule has 0 aliphatic carbocycles. The van der Waals surface area contributed by atoms with E-state index in [0.717, 1.165) is 0 Å². The zero-order valence-electron chi connectivity index (χ0n) is 9.28. The van der Waals surface area contributed by atoms with Crippen molar-refractivity contribution in [2.45, 2.75) is 6.54 Å². The van der Waals surface area contributed by atoms with Crippen LogP contribution in [0.5, 0.6) is 0 Å². The quantitative estimate of drug-likeness (QED) is 0.607. The number of nitro groups is 1. The van der Waals surface area contributed by atoms with Crippen molar-refractivity contribution < 1.29 is 4.92 Å². The van der Waals surface area contributed by atoms with E-state index in [1.165, 1.54) is 6.33 Å². The lowest BCUT2D eigenvalue weighted by Crippen LogP contribution is -2.13. The molecule has 0 saturated carbocycles. The van der Waals surface area contributed by atoms with Crippen LogP contribution in [0.3, 0.4) is 0 Å². The number of hydrogen-bond acceptors (Lipinski definition) is 5. The van der Waals surface area contributed by atoms with Gasteiger partial charge in [-0.05, 0) is 16.0 Å². The van der Waals surface area contributed by atoms with Crippen molar-refractivity contribution in [3.8, 4) is 0 Å². The summed E-state index contributed by atoms with van der Waals surface area (Å²) in [7, 11) is 1.70. The van der Waals surface area contributed by atoms with E-state index in [0.29, 0.717) is 18.9 Å². The van der Waals surface area contributed by atoms with Gasteiger partial charge in [0.05, 0.1) is 6.54 Å². The molecule has 2 heterocycles. The molecule has 2 aromatic heterocycles. The van der Waals surface area contributed by atoms with E-state index in [1.54, 1.807) is 22.5 Å². The van der Waals surface area contributed by atoms with Crippen molar-refractivity contribution in [1.82, 2.24) is 19.3 Å². The van der Waals surface area contributed by atoms with Gasteiger partial charge in [-0.2, -0.15) is 5.10 Å². The fourth-order valence-electron chi connectivity index (χ4n) is 1.48. The molecule has 0 bridgehead atoms. The van der Waals surface area contributed by atoms with Crippen LogP contribution in [0.1, 0.15) is 0 Å². The molecule has 0 spiro atoms. The number of nitrogens with zero attached hydrogens (tertiary/aromatic N) is 5. The van der Waals surface area contributed by atoms with Crippen molar-refractivity contribution in [3.05, 3.63) is 34.9 Å². The standard InChI is InChI=1S/C9H12N6O2/c1-13-7-11-9(15(16)17)8(13)10-4-6-14-5-2-3-12-14/h2-3,5,7,10H,4,6H2,1H3. The minimum absolute atomic E-state index is 0.159. The van der Waals surface area contributed by atoms with E-state index < -0.39 is 4.92 Å². The minimum atomic E-state index is -0.504. The lowest BCUT2D eigenvalue weighted by atomic mass is 10.5. The summed E-state index contributed by atoms with van der Waals surface area (Å²) in [5, 5.41) is 17.7. The van der Waals surface area contributed by atoms with Gasteiger partial charge in [0.25, 0.3) is 0 Å². The third kappa shape index (κ3) is 2.41. The van der Waals surface area contributed by atoms with Gasteiger partial charge in [0.15, 0.2) is 0 Å². The zero-order valence-corrected chi connectivity index (χ0v) is 9.28. The highest BCUT2D eigenvalue weighted by molar-refractivity contribution is 5.51. The number of nitrogens with one attached hydrogen (secondary N) is 1. The lowest BCUT2D eigenvalue weighted by Gasteiger charge is -2.06. The normalized spacial score (nSPS) is 10.4. The Hall–Kier alpha value is -2.38. The summed E-state index contributed by atoms with van der Waals surface area (Å²) >= 11 is 0. The highest BCUT2D eigenvalue weighted by Crippen LogP contribution is 2.20. The summed E-state index contributed by atoms with van der Waals surface area (Å²) in [4.78, 5) is 13.9. The van der Waals surface area contributed by atoms with Gasteiger partial charge >= 0.3 is 5.82 Å². The van der Waals surface area contributed by atoms with Crippen LogP contribution < -0.4 is 5.32 Å². The second-order valence-corrected chi connectivity index (χ2v) is 3.48. The van der Waals surface area contributed by atoms with Crippen LogP contribution in [0, 0.1) is 10.1 Å². The van der Waals surface area contributed by atoms with Crippen molar-refractivity contribution in [2.75, 3.05) is 11.9 Å². The Morgan fingerprint density at radius 2 is 2.41 bits per heavy atom. The van der Waals surface area contributed by atoms with Gasteiger partial charge in [-0.3, -0.25) is 9.25 Å². The van der Waals surface area contributed by atoms with E-state index in [1.807, 2.05) is 12.3 Å². The van der Waals surface area contributed by atoms with Crippen LogP contribution in [-0.2, 0) is 13.6 Å². The number of anilines is 1. The monoisotopic (exact) mass is 236 g/mol. The predicted molar refractivity (Wildman–Crippen MR) is 60.6 cm³/mol. The first-order chi connectivity index (χ1) is 8.18. The first kappa shape index (κ1) is 11.1. The molecule has 8 heteroatoms. The Balaban J connectivity index is 1.99. The van der Waals surface area contributed by atoms with Crippen molar-refractivity contribution in [2.24, 2.45) is 7.05 Å². The average Bonchev–Trinajstić information content (AvgIpc) is 2.89. The van der Waals surface area contributed by atoms with Gasteiger partial charge in [0, 0.05) is 26.0 Å². The topological polar surface area (TPSA) is 90.8 Å². The van der Waals surface area contributed by atoms with Crippen LogP contribution in [0.2, 0.25) is 0 Å². The molecule has 0 amide bonds. The molecule has 0 aromatic carbocycles. The zero-order chi connectivity index (χ0) is 12.3. The van der Waals surface area contributed by atoms with Crippen molar-refractivity contribution in [1.29, 1.82) is 0 Å². The van der Waals surface area contributed by atoms with Gasteiger partial charge in [-0.1, -0.05) is 0 Å². The maximum absolute atomic E-state index is 10.7. The van der Waals surface area contributed by atoms with E-state index in [4.69, 9.17) is 0 Å². The molecule has 0 saturated heterocycles. The van der Waals surface area contributed by atoms with Crippen LogP contribution in [0.4, 0.5) is 11.6 Å². The Morgan fingerprint density at radius 3 is 3.06 bits per heavy atom. The van der Waals surface area contributed by atoms with E-state index in [9.17, 15) is 10.1 Å². The first-order valence-corrected chi connectivity index (χ1v) is 5.05. The molecule has 0 fully saturated rings. The third-order valence-electron chi connectivity index (χ3n) is 2.28. The molecule has 0 unspecified atom stereocenters. The molecule has 0 aliphatic heterocycles. The second-order valence-electron chi connectivity index (χ2n) is 3.48. The Labute approximate surface area is 97.0 Å². The van der Waals surface area contributed by atoms with Gasteiger partial charge in [0.2, 0.25) is 12.1 Å². The Bertz CT molecular complexity index is 504. The summed E-state index contributed by atoms with van der Waals surface area (Å²) in [6.45, 7) is 1.18. The van der Waals surface area contributed by atoms with Crippen molar-refractivity contribution >= 4 is 11.6 Å². The summed E-state index contributed by atoms with van der Waals surface area (Å²) in [6.07, 6.45) is 4.93. The van der Waals surface area contributed by atoms with E-state index in [2.05, 4.69) is 15.4 Å². The maximum atomic E-state index is 10.7. The van der Waals surface area contributed by atoms with Gasteiger partial charge in [-0.25, -0.2) is 0 Å². The largest absolute Gasteiger partial charge is 0.406 e.